The van der Waals surface area contributed by atoms with Gasteiger partial charge in [0.2, 0.25) is 0 Å². The van der Waals surface area contributed by atoms with Crippen LogP contribution in [0.4, 0.5) is 10.5 Å². The van der Waals surface area contributed by atoms with Gasteiger partial charge in [-0.25, -0.2) is 4.79 Å². The summed E-state index contributed by atoms with van der Waals surface area (Å²) in [6.45, 7) is 7.18. The van der Waals surface area contributed by atoms with E-state index in [0.29, 0.717) is 28.9 Å². The molecule has 1 aliphatic heterocycles. The van der Waals surface area contributed by atoms with Crippen LogP contribution in [0.3, 0.4) is 0 Å². The first kappa shape index (κ1) is 34.4. The Bertz CT molecular complexity index is 1250. The minimum Gasteiger partial charge on any atom is -0.508 e. The topological polar surface area (TPSA) is 150 Å². The summed E-state index contributed by atoms with van der Waals surface area (Å²) >= 11 is 0. The molecule has 11 nitrogen and oxygen atoms in total. The Morgan fingerprint density at radius 2 is 1.71 bits per heavy atom. The first-order valence-electron chi connectivity index (χ1n) is 13.5. The van der Waals surface area contributed by atoms with E-state index in [9.17, 15) is 19.8 Å². The molecule has 232 valence electrons. The third-order valence-electron chi connectivity index (χ3n) is 7.32. The van der Waals surface area contributed by atoms with Crippen LogP contribution in [0.2, 0.25) is 0 Å². The second-order valence-corrected chi connectivity index (χ2v) is 10.3. The van der Waals surface area contributed by atoms with Gasteiger partial charge in [-0.05, 0) is 38.0 Å². The molecule has 2 bridgehead atoms. The summed E-state index contributed by atoms with van der Waals surface area (Å²) in [4.78, 5) is 26.4. The third kappa shape index (κ3) is 8.15. The van der Waals surface area contributed by atoms with Crippen LogP contribution in [0.1, 0.15) is 39.7 Å². The highest BCUT2D eigenvalue weighted by Gasteiger charge is 2.31. The predicted molar refractivity (Wildman–Crippen MR) is 160 cm³/mol. The van der Waals surface area contributed by atoms with Crippen LogP contribution in [0.5, 0.6) is 11.5 Å². The van der Waals surface area contributed by atoms with Crippen LogP contribution in [0, 0.1) is 5.92 Å². The van der Waals surface area contributed by atoms with Crippen molar-refractivity contribution < 1.29 is 43.5 Å². The van der Waals surface area contributed by atoms with Crippen LogP contribution in [-0.4, -0.2) is 82.1 Å². The van der Waals surface area contributed by atoms with E-state index >= 15 is 0 Å². The standard InChI is InChI=1S/C31H44N2O9/c1-17-11-10-12-24(38-6)29(42-31(32)37)19(3)13-18(2)28(41-9)25(39-7)14-20(4)27(40-8)22-15-21(34)16-23(26(22)35)33(5)30(17)36/h10-13,15-16,18,24-25,28-29,34-35H,14H2,1-9H3,(H2,32,37). The molecule has 11 heteroatoms. The molecule has 1 heterocycles. The molecule has 0 aliphatic carbocycles. The summed E-state index contributed by atoms with van der Waals surface area (Å²) < 4.78 is 28.5. The highest BCUT2D eigenvalue weighted by atomic mass is 16.6. The summed E-state index contributed by atoms with van der Waals surface area (Å²) in [6, 6.07) is 2.67. The van der Waals surface area contributed by atoms with Crippen LogP contribution < -0.4 is 10.6 Å². The second kappa shape index (κ2) is 15.4. The molecule has 5 unspecified atom stereocenters. The quantitative estimate of drug-likeness (QED) is 0.335. The summed E-state index contributed by atoms with van der Waals surface area (Å²) in [6.07, 6.45) is 3.59. The number of nitrogens with zero attached hydrogens (tertiary/aromatic N) is 1. The van der Waals surface area contributed by atoms with Crippen LogP contribution >= 0.6 is 0 Å². The number of amides is 2. The van der Waals surface area contributed by atoms with Crippen molar-refractivity contribution in [3.63, 3.8) is 0 Å². The number of benzene rings is 1. The van der Waals surface area contributed by atoms with Gasteiger partial charge in [-0.3, -0.25) is 4.79 Å². The van der Waals surface area contributed by atoms with Crippen molar-refractivity contribution in [2.24, 2.45) is 11.7 Å². The Morgan fingerprint density at radius 1 is 1.05 bits per heavy atom. The number of likely N-dealkylation sites (N-methyl/N-ethyl adjacent to an activating group) is 1. The molecule has 2 rings (SSSR count). The molecule has 1 aromatic carbocycles. The number of allylic oxidation sites excluding steroid dienone is 2. The minimum atomic E-state index is -0.964. The molecule has 0 saturated heterocycles. The van der Waals surface area contributed by atoms with E-state index in [1.807, 2.05) is 19.9 Å². The third-order valence-corrected chi connectivity index (χ3v) is 7.32. The van der Waals surface area contributed by atoms with Crippen molar-refractivity contribution in [3.8, 4) is 11.5 Å². The molecule has 42 heavy (non-hydrogen) atoms. The van der Waals surface area contributed by atoms with Gasteiger partial charge in [0.1, 0.15) is 17.6 Å². The van der Waals surface area contributed by atoms with Crippen molar-refractivity contribution in [1.29, 1.82) is 0 Å². The number of phenolic OH excluding ortho intramolecular Hbond substituents is 2. The molecular formula is C31H44N2O9. The normalized spacial score (nSPS) is 24.7. The van der Waals surface area contributed by atoms with E-state index in [-0.39, 0.29) is 28.7 Å². The van der Waals surface area contributed by atoms with E-state index in [1.165, 1.54) is 38.3 Å². The number of methoxy groups -OCH3 is 4. The van der Waals surface area contributed by atoms with Crippen molar-refractivity contribution in [1.82, 2.24) is 0 Å². The van der Waals surface area contributed by atoms with Gasteiger partial charge < -0.3 is 44.5 Å². The largest absolute Gasteiger partial charge is 0.508 e. The maximum Gasteiger partial charge on any atom is 0.405 e. The number of primary amides is 1. The number of hydrogen-bond donors (Lipinski definition) is 3. The Kier molecular flexibility index (Phi) is 12.6. The average Bonchev–Trinajstić information content (AvgIpc) is 2.94. The van der Waals surface area contributed by atoms with E-state index in [1.54, 1.807) is 46.3 Å². The maximum atomic E-state index is 13.3. The zero-order chi connectivity index (χ0) is 31.7. The molecule has 4 N–H and O–H groups in total. The lowest BCUT2D eigenvalue weighted by Gasteiger charge is -2.31. The number of nitrogens with two attached hydrogens (primary N) is 1. The lowest BCUT2D eigenvalue weighted by atomic mass is 9.91. The molecule has 1 aliphatic rings. The molecular weight excluding hydrogens is 544 g/mol. The highest BCUT2D eigenvalue weighted by molar-refractivity contribution is 6.06. The SMILES string of the molecule is COC1=C(C)CC(OC)C(OC)C(C)C=C(C)C(OC(N)=O)C(OC)C=CC=C(C)C(=O)N(C)c2cc(O)cc1c2O. The van der Waals surface area contributed by atoms with Crippen molar-refractivity contribution in [2.75, 3.05) is 40.4 Å². The van der Waals surface area contributed by atoms with Crippen LogP contribution in [0.15, 0.2) is 53.2 Å². The number of carbonyl (C=O) groups is 2. The fraction of sp³-hybridized carbons (Fsp3) is 0.484. The van der Waals surface area contributed by atoms with Gasteiger partial charge in [0.25, 0.3) is 5.91 Å². The molecule has 1 aromatic rings. The molecule has 5 atom stereocenters. The first-order chi connectivity index (χ1) is 19.8. The van der Waals surface area contributed by atoms with Gasteiger partial charge in [-0.1, -0.05) is 31.2 Å². The molecule has 0 radical (unpaired) electrons. The second-order valence-electron chi connectivity index (χ2n) is 10.3. The van der Waals surface area contributed by atoms with Crippen molar-refractivity contribution in [2.45, 2.75) is 58.5 Å². The van der Waals surface area contributed by atoms with E-state index in [0.717, 1.165) is 0 Å². The first-order valence-corrected chi connectivity index (χ1v) is 13.5. The fourth-order valence-corrected chi connectivity index (χ4v) is 5.19. The molecule has 2 amide bonds. The molecule has 0 fully saturated rings. The van der Waals surface area contributed by atoms with Crippen molar-refractivity contribution >= 4 is 23.4 Å². The molecule has 0 saturated carbocycles. The lowest BCUT2D eigenvalue weighted by Crippen LogP contribution is -2.37. The van der Waals surface area contributed by atoms with Gasteiger partial charge in [0.15, 0.2) is 11.9 Å². The fourth-order valence-electron chi connectivity index (χ4n) is 5.19. The monoisotopic (exact) mass is 588 g/mol. The number of aromatic hydroxyl groups is 2. The Morgan fingerprint density at radius 3 is 2.26 bits per heavy atom. The number of carbonyl (C=O) groups excluding carboxylic acids is 2. The van der Waals surface area contributed by atoms with Crippen LogP contribution in [0.25, 0.3) is 5.76 Å². The Balaban J connectivity index is 2.84. The maximum absolute atomic E-state index is 13.3. The smallest absolute Gasteiger partial charge is 0.405 e. The number of hydrogen-bond acceptors (Lipinski definition) is 9. The average molecular weight is 589 g/mol. The van der Waals surface area contributed by atoms with Gasteiger partial charge in [-0.2, -0.15) is 0 Å². The Labute approximate surface area is 247 Å². The summed E-state index contributed by atoms with van der Waals surface area (Å²) in [5.41, 5.74) is 7.39. The number of phenols is 2. The molecule has 0 aromatic heterocycles. The summed E-state index contributed by atoms with van der Waals surface area (Å²) in [5, 5.41) is 21.8. The van der Waals surface area contributed by atoms with E-state index in [4.69, 9.17) is 29.4 Å². The number of anilines is 1. The van der Waals surface area contributed by atoms with Gasteiger partial charge in [0, 0.05) is 52.4 Å². The highest BCUT2D eigenvalue weighted by Crippen LogP contribution is 2.40. The Hall–Kier alpha value is -3.80. The predicted octanol–water partition coefficient (Wildman–Crippen LogP) is 4.44. The number of ether oxygens (including phenoxy) is 5. The molecule has 0 spiro atoms. The van der Waals surface area contributed by atoms with Crippen LogP contribution in [-0.2, 0) is 28.5 Å². The lowest BCUT2D eigenvalue weighted by molar-refractivity contribution is -0.114. The number of rotatable bonds is 5. The zero-order valence-electron chi connectivity index (χ0n) is 25.8. The summed E-state index contributed by atoms with van der Waals surface area (Å²) in [7, 11) is 7.56. The van der Waals surface area contributed by atoms with Crippen molar-refractivity contribution in [3.05, 3.63) is 58.7 Å². The van der Waals surface area contributed by atoms with E-state index in [2.05, 4.69) is 0 Å². The van der Waals surface area contributed by atoms with Gasteiger partial charge in [0.05, 0.1) is 30.6 Å². The van der Waals surface area contributed by atoms with Gasteiger partial charge >= 0.3 is 6.09 Å². The van der Waals surface area contributed by atoms with E-state index < -0.39 is 36.4 Å². The number of fused-ring (bicyclic) bond motifs is 2. The minimum absolute atomic E-state index is 0.0863. The summed E-state index contributed by atoms with van der Waals surface area (Å²) in [5.74, 6) is -0.752. The van der Waals surface area contributed by atoms with Gasteiger partial charge in [-0.15, -0.1) is 0 Å². The zero-order valence-corrected chi connectivity index (χ0v) is 25.8.